The molecule has 23 heavy (non-hydrogen) atoms. The van der Waals surface area contributed by atoms with Crippen LogP contribution < -0.4 is 10.2 Å². The smallest absolute Gasteiger partial charge is 0.193 e. The Bertz CT molecular complexity index is 499. The number of anilines is 2. The molecule has 7 heteroatoms. The van der Waals surface area contributed by atoms with E-state index < -0.39 is 0 Å². The number of likely N-dealkylation sites (N-methyl/N-ethyl adjacent to an activating group) is 1. The summed E-state index contributed by atoms with van der Waals surface area (Å²) in [6, 6.07) is 2.07. The van der Waals surface area contributed by atoms with Crippen LogP contribution in [0.25, 0.3) is 0 Å². The Morgan fingerprint density at radius 2 is 2.04 bits per heavy atom. The van der Waals surface area contributed by atoms with Crippen molar-refractivity contribution in [3.63, 3.8) is 0 Å². The van der Waals surface area contributed by atoms with Crippen LogP contribution in [0.1, 0.15) is 26.7 Å². The van der Waals surface area contributed by atoms with Crippen LogP contribution in [0.15, 0.2) is 16.2 Å². The molecule has 0 bridgehead atoms. The van der Waals surface area contributed by atoms with Crippen molar-refractivity contribution in [3.8, 4) is 0 Å². The highest BCUT2D eigenvalue weighted by Crippen LogP contribution is 2.22. The molecular formula is C16H28N6S. The lowest BCUT2D eigenvalue weighted by Gasteiger charge is -2.33. The molecule has 0 spiro atoms. The first-order valence-corrected chi connectivity index (χ1v) is 9.39. The molecule has 6 nitrogen and oxygen atoms in total. The zero-order chi connectivity index (χ0) is 16.5. The Kier molecular flexibility index (Phi) is 7.61. The summed E-state index contributed by atoms with van der Waals surface area (Å²) >= 11 is 1.59. The van der Waals surface area contributed by atoms with Crippen LogP contribution in [-0.4, -0.2) is 66.7 Å². The van der Waals surface area contributed by atoms with Crippen LogP contribution in [0, 0.1) is 0 Å². The van der Waals surface area contributed by atoms with Crippen molar-refractivity contribution in [1.82, 2.24) is 14.9 Å². The highest BCUT2D eigenvalue weighted by molar-refractivity contribution is 7.99. The number of hydrogen-bond acceptors (Lipinski definition) is 7. The molecule has 1 N–H and O–H groups in total. The summed E-state index contributed by atoms with van der Waals surface area (Å²) in [6.07, 6.45) is 3.98. The van der Waals surface area contributed by atoms with E-state index in [0.717, 1.165) is 62.4 Å². The fourth-order valence-electron chi connectivity index (χ4n) is 2.30. The van der Waals surface area contributed by atoms with Crippen LogP contribution in [-0.2, 0) is 0 Å². The third-order valence-electron chi connectivity index (χ3n) is 3.66. The van der Waals surface area contributed by atoms with Gasteiger partial charge in [-0.15, -0.1) is 0 Å². The van der Waals surface area contributed by atoms with Crippen molar-refractivity contribution in [3.05, 3.63) is 6.07 Å². The van der Waals surface area contributed by atoms with Crippen molar-refractivity contribution in [2.24, 2.45) is 4.99 Å². The first-order valence-electron chi connectivity index (χ1n) is 8.40. The van der Waals surface area contributed by atoms with Gasteiger partial charge in [0.15, 0.2) is 5.16 Å². The van der Waals surface area contributed by atoms with Crippen LogP contribution in [0.4, 0.5) is 11.6 Å². The summed E-state index contributed by atoms with van der Waals surface area (Å²) in [4.78, 5) is 18.4. The monoisotopic (exact) mass is 336 g/mol. The minimum absolute atomic E-state index is 0.674. The number of aromatic nitrogens is 2. The average Bonchev–Trinajstić information content (AvgIpc) is 2.57. The molecule has 0 radical (unpaired) electrons. The Balaban J connectivity index is 2.10. The van der Waals surface area contributed by atoms with Gasteiger partial charge in [0.1, 0.15) is 11.6 Å². The summed E-state index contributed by atoms with van der Waals surface area (Å²) in [5.74, 6) is 2.61. The Morgan fingerprint density at radius 3 is 2.74 bits per heavy atom. The van der Waals surface area contributed by atoms with E-state index in [1.54, 1.807) is 11.8 Å². The molecule has 2 heterocycles. The van der Waals surface area contributed by atoms with E-state index >= 15 is 0 Å². The predicted molar refractivity (Wildman–Crippen MR) is 100 cm³/mol. The average molecular weight is 337 g/mol. The van der Waals surface area contributed by atoms with E-state index in [0.29, 0.717) is 5.88 Å². The summed E-state index contributed by atoms with van der Waals surface area (Å²) < 4.78 is 0. The summed E-state index contributed by atoms with van der Waals surface area (Å²) in [6.45, 7) is 9.35. The maximum Gasteiger partial charge on any atom is 0.193 e. The molecule has 0 saturated carbocycles. The van der Waals surface area contributed by atoms with E-state index in [2.05, 4.69) is 52.1 Å². The summed E-state index contributed by atoms with van der Waals surface area (Å²) in [5.41, 5.74) is 0. The molecule has 0 aromatic carbocycles. The molecular weight excluding hydrogens is 308 g/mol. The minimum Gasteiger partial charge on any atom is -0.370 e. The predicted octanol–water partition coefficient (Wildman–Crippen LogP) is 2.58. The molecule has 1 aromatic rings. The zero-order valence-electron chi connectivity index (χ0n) is 14.5. The largest absolute Gasteiger partial charge is 0.370 e. The lowest BCUT2D eigenvalue weighted by Crippen LogP contribution is -2.44. The third kappa shape index (κ3) is 5.99. The molecule has 0 atom stereocenters. The second-order valence-corrected chi connectivity index (χ2v) is 6.57. The summed E-state index contributed by atoms with van der Waals surface area (Å²) in [7, 11) is 2.17. The molecule has 1 saturated heterocycles. The Labute approximate surface area is 143 Å². The molecule has 1 fully saturated rings. The van der Waals surface area contributed by atoms with Crippen LogP contribution in [0.5, 0.6) is 0 Å². The van der Waals surface area contributed by atoms with Gasteiger partial charge in [-0.05, 0) is 26.1 Å². The van der Waals surface area contributed by atoms with Gasteiger partial charge in [-0.2, -0.15) is 0 Å². The normalized spacial score (nSPS) is 16.2. The molecule has 0 amide bonds. The van der Waals surface area contributed by atoms with Crippen molar-refractivity contribution in [1.29, 1.82) is 0 Å². The van der Waals surface area contributed by atoms with Gasteiger partial charge < -0.3 is 15.1 Å². The number of nitrogens with one attached hydrogen (secondary N) is 1. The van der Waals surface area contributed by atoms with Gasteiger partial charge in [0.2, 0.25) is 0 Å². The number of nitrogens with zero attached hydrogens (tertiary/aromatic N) is 5. The highest BCUT2D eigenvalue weighted by Gasteiger charge is 2.17. The van der Waals surface area contributed by atoms with E-state index in [1.807, 2.05) is 6.21 Å². The molecule has 1 aromatic heterocycles. The topological polar surface area (TPSA) is 56.7 Å². The van der Waals surface area contributed by atoms with E-state index in [4.69, 9.17) is 4.98 Å². The fourth-order valence-corrected chi connectivity index (χ4v) is 2.91. The van der Waals surface area contributed by atoms with Crippen LogP contribution in [0.3, 0.4) is 0 Å². The second kappa shape index (κ2) is 9.72. The van der Waals surface area contributed by atoms with Crippen molar-refractivity contribution < 1.29 is 0 Å². The quantitative estimate of drug-likeness (QED) is 0.447. The molecule has 2 rings (SSSR count). The maximum absolute atomic E-state index is 4.73. The Hall–Kier alpha value is -1.34. The van der Waals surface area contributed by atoms with Gasteiger partial charge in [0.25, 0.3) is 0 Å². The second-order valence-electron chi connectivity index (χ2n) is 5.66. The Morgan fingerprint density at radius 1 is 1.26 bits per heavy atom. The lowest BCUT2D eigenvalue weighted by molar-refractivity contribution is 0.312. The standard InChI is InChI=1S/C16H28N6S/c1-4-6-17-13-23-16-19-14(18-7-5-2)12-15(20-16)22-10-8-21(3)9-11-22/h6,12H,4-5,7-11,13H2,1-3H3,(H,18,19,20). The maximum atomic E-state index is 4.73. The lowest BCUT2D eigenvalue weighted by atomic mass is 10.3. The minimum atomic E-state index is 0.674. The number of aliphatic imine (C=N–C) groups is 1. The van der Waals surface area contributed by atoms with Crippen LogP contribution >= 0.6 is 11.8 Å². The molecule has 128 valence electrons. The SMILES string of the molecule is CCC=NCSc1nc(NCCC)cc(N2CCN(C)CC2)n1. The van der Waals surface area contributed by atoms with Crippen molar-refractivity contribution in [2.75, 3.05) is 55.9 Å². The first kappa shape index (κ1) is 18.0. The summed E-state index contributed by atoms with van der Waals surface area (Å²) in [5, 5.41) is 4.18. The van der Waals surface area contributed by atoms with E-state index in [-0.39, 0.29) is 0 Å². The van der Waals surface area contributed by atoms with Gasteiger partial charge in [-0.25, -0.2) is 9.97 Å². The van der Waals surface area contributed by atoms with Gasteiger partial charge in [-0.1, -0.05) is 25.6 Å². The van der Waals surface area contributed by atoms with Gasteiger partial charge in [0.05, 0.1) is 5.88 Å². The van der Waals surface area contributed by atoms with E-state index in [1.165, 1.54) is 0 Å². The number of rotatable bonds is 8. The number of hydrogen-bond donors (Lipinski definition) is 1. The van der Waals surface area contributed by atoms with Gasteiger partial charge >= 0.3 is 0 Å². The first-order chi connectivity index (χ1) is 11.2. The third-order valence-corrected chi connectivity index (χ3v) is 4.37. The van der Waals surface area contributed by atoms with Gasteiger partial charge in [0, 0.05) is 38.8 Å². The van der Waals surface area contributed by atoms with Crippen LogP contribution in [0.2, 0.25) is 0 Å². The fraction of sp³-hybridized carbons (Fsp3) is 0.688. The van der Waals surface area contributed by atoms with Crippen molar-refractivity contribution >= 4 is 29.6 Å². The number of thioether (sulfide) groups is 1. The number of piperazine rings is 1. The molecule has 0 unspecified atom stereocenters. The molecule has 1 aliphatic heterocycles. The molecule has 0 aliphatic carbocycles. The van der Waals surface area contributed by atoms with Crippen molar-refractivity contribution in [2.45, 2.75) is 31.8 Å². The van der Waals surface area contributed by atoms with E-state index in [9.17, 15) is 0 Å². The van der Waals surface area contributed by atoms with Gasteiger partial charge in [-0.3, -0.25) is 4.99 Å². The highest BCUT2D eigenvalue weighted by atomic mass is 32.2. The molecule has 1 aliphatic rings. The zero-order valence-corrected chi connectivity index (χ0v) is 15.3.